The molecule has 0 aliphatic carbocycles. The Bertz CT molecular complexity index is 366. The van der Waals surface area contributed by atoms with E-state index in [2.05, 4.69) is 0 Å². The molecule has 2 heteroatoms. The van der Waals surface area contributed by atoms with Gasteiger partial charge in [0, 0.05) is 11.8 Å². The summed E-state index contributed by atoms with van der Waals surface area (Å²) in [5.74, 6) is -0.228. The van der Waals surface area contributed by atoms with E-state index in [1.54, 1.807) is 0 Å². The van der Waals surface area contributed by atoms with Gasteiger partial charge in [0.2, 0.25) is 0 Å². The highest BCUT2D eigenvalue weighted by atomic mass is 16.1. The molecule has 0 saturated heterocycles. The van der Waals surface area contributed by atoms with Crippen molar-refractivity contribution in [3.63, 3.8) is 0 Å². The summed E-state index contributed by atoms with van der Waals surface area (Å²) in [5.41, 5.74) is 0.976. The molecular weight excluding hydrogens is 200 g/mol. The summed E-state index contributed by atoms with van der Waals surface area (Å²) in [6.07, 6.45) is 0.0493. The van der Waals surface area contributed by atoms with Gasteiger partial charge in [0.25, 0.3) is 0 Å². The highest BCUT2D eigenvalue weighted by molar-refractivity contribution is 6.02. The molecule has 0 N–H and O–H groups in total. The second kappa shape index (κ2) is 5.59. The van der Waals surface area contributed by atoms with Gasteiger partial charge in [0.1, 0.15) is 11.6 Å². The molecule has 0 heterocycles. The largest absolute Gasteiger partial charge is 0.299 e. The molecule has 0 aliphatic heterocycles. The van der Waals surface area contributed by atoms with Crippen LogP contribution in [0.1, 0.15) is 38.7 Å². The van der Waals surface area contributed by atoms with Gasteiger partial charge >= 0.3 is 0 Å². The minimum atomic E-state index is -0.191. The van der Waals surface area contributed by atoms with Crippen molar-refractivity contribution in [2.24, 2.45) is 5.92 Å². The number of benzene rings is 1. The lowest BCUT2D eigenvalue weighted by Crippen LogP contribution is -2.17. The topological polar surface area (TPSA) is 34.1 Å². The molecular formula is C14H18O2. The number of hydrogen-bond donors (Lipinski definition) is 0. The Morgan fingerprint density at radius 2 is 1.56 bits per heavy atom. The van der Waals surface area contributed by atoms with E-state index < -0.39 is 0 Å². The van der Waals surface area contributed by atoms with Gasteiger partial charge in [-0.2, -0.15) is 0 Å². The quantitative estimate of drug-likeness (QED) is 0.712. The first kappa shape index (κ1) is 12.6. The van der Waals surface area contributed by atoms with Gasteiger partial charge in [-0.3, -0.25) is 9.59 Å². The fourth-order valence-electron chi connectivity index (χ4n) is 1.46. The number of Topliss-reactive ketones (excluding diaryl/α,β-unsaturated/α-hetero) is 2. The summed E-state index contributed by atoms with van der Waals surface area (Å²) >= 11 is 0. The van der Waals surface area contributed by atoms with Crippen molar-refractivity contribution in [3.05, 3.63) is 35.9 Å². The van der Waals surface area contributed by atoms with E-state index in [0.29, 0.717) is 0 Å². The van der Waals surface area contributed by atoms with Gasteiger partial charge in [-0.05, 0) is 5.56 Å². The van der Waals surface area contributed by atoms with Crippen molar-refractivity contribution in [2.75, 3.05) is 0 Å². The molecule has 1 rings (SSSR count). The third-order valence-corrected chi connectivity index (χ3v) is 2.77. The van der Waals surface area contributed by atoms with E-state index in [4.69, 9.17) is 0 Å². The van der Waals surface area contributed by atoms with Crippen LogP contribution in [0.3, 0.4) is 0 Å². The van der Waals surface area contributed by atoms with E-state index in [9.17, 15) is 9.59 Å². The molecule has 0 aromatic heterocycles. The first-order chi connectivity index (χ1) is 7.52. The van der Waals surface area contributed by atoms with Crippen LogP contribution in [0.5, 0.6) is 0 Å². The van der Waals surface area contributed by atoms with Gasteiger partial charge in [0.05, 0.1) is 6.42 Å². The monoisotopic (exact) mass is 218 g/mol. The number of rotatable bonds is 5. The fourth-order valence-corrected chi connectivity index (χ4v) is 1.46. The molecule has 2 nitrogen and oxygen atoms in total. The average molecular weight is 218 g/mol. The third-order valence-electron chi connectivity index (χ3n) is 2.77. The van der Waals surface area contributed by atoms with E-state index in [0.717, 1.165) is 5.56 Å². The highest BCUT2D eigenvalue weighted by Crippen LogP contribution is 2.18. The Kier molecular flexibility index (Phi) is 4.41. The van der Waals surface area contributed by atoms with Crippen molar-refractivity contribution in [2.45, 2.75) is 33.1 Å². The third kappa shape index (κ3) is 3.30. The minimum Gasteiger partial charge on any atom is -0.299 e. The van der Waals surface area contributed by atoms with E-state index in [1.807, 2.05) is 51.1 Å². The number of ketones is 2. The number of carbonyl (C=O) groups excluding carboxylic acids is 2. The van der Waals surface area contributed by atoms with E-state index in [-0.39, 0.29) is 29.8 Å². The summed E-state index contributed by atoms with van der Waals surface area (Å²) in [5, 5.41) is 0. The van der Waals surface area contributed by atoms with Gasteiger partial charge in [-0.25, -0.2) is 0 Å². The fraction of sp³-hybridized carbons (Fsp3) is 0.429. The predicted molar refractivity (Wildman–Crippen MR) is 64.3 cm³/mol. The van der Waals surface area contributed by atoms with Crippen LogP contribution < -0.4 is 0 Å². The summed E-state index contributed by atoms with van der Waals surface area (Å²) in [7, 11) is 0. The zero-order valence-corrected chi connectivity index (χ0v) is 10.1. The van der Waals surface area contributed by atoms with Crippen LogP contribution in [0.25, 0.3) is 0 Å². The average Bonchev–Trinajstić information content (AvgIpc) is 2.28. The first-order valence-electron chi connectivity index (χ1n) is 5.62. The molecule has 0 radical (unpaired) electrons. The van der Waals surface area contributed by atoms with Crippen molar-refractivity contribution in [1.82, 2.24) is 0 Å². The Balaban J connectivity index is 2.65. The smallest absolute Gasteiger partial charge is 0.147 e. The van der Waals surface area contributed by atoms with Gasteiger partial charge in [-0.1, -0.05) is 51.1 Å². The van der Waals surface area contributed by atoms with Crippen LogP contribution in [-0.4, -0.2) is 11.6 Å². The predicted octanol–water partition coefficient (Wildman–Crippen LogP) is 2.97. The Morgan fingerprint density at radius 1 is 1.00 bits per heavy atom. The molecule has 86 valence electrons. The van der Waals surface area contributed by atoms with Crippen molar-refractivity contribution >= 4 is 11.6 Å². The van der Waals surface area contributed by atoms with Crippen LogP contribution in [-0.2, 0) is 9.59 Å². The first-order valence-corrected chi connectivity index (χ1v) is 5.62. The van der Waals surface area contributed by atoms with E-state index >= 15 is 0 Å². The van der Waals surface area contributed by atoms with Crippen molar-refractivity contribution in [1.29, 1.82) is 0 Å². The second-order valence-electron chi connectivity index (χ2n) is 4.40. The lowest BCUT2D eigenvalue weighted by Gasteiger charge is -2.11. The Morgan fingerprint density at radius 3 is 2.06 bits per heavy atom. The molecule has 0 unspecified atom stereocenters. The van der Waals surface area contributed by atoms with Crippen molar-refractivity contribution in [3.8, 4) is 0 Å². The molecule has 0 fully saturated rings. The van der Waals surface area contributed by atoms with Crippen LogP contribution in [0.4, 0.5) is 0 Å². The Labute approximate surface area is 96.7 Å². The number of hydrogen-bond acceptors (Lipinski definition) is 2. The van der Waals surface area contributed by atoms with Crippen LogP contribution >= 0.6 is 0 Å². The summed E-state index contributed by atoms with van der Waals surface area (Å²) < 4.78 is 0. The summed E-state index contributed by atoms with van der Waals surface area (Å²) in [4.78, 5) is 23.3. The highest BCUT2D eigenvalue weighted by Gasteiger charge is 2.19. The maximum atomic E-state index is 11.8. The second-order valence-corrected chi connectivity index (χ2v) is 4.40. The van der Waals surface area contributed by atoms with Crippen molar-refractivity contribution < 1.29 is 9.59 Å². The maximum absolute atomic E-state index is 11.8. The zero-order chi connectivity index (χ0) is 12.1. The molecule has 0 aliphatic rings. The molecule has 1 aromatic carbocycles. The standard InChI is InChI=1S/C14H18O2/c1-10(2)13(15)9-14(16)11(3)12-7-5-4-6-8-12/h4-8,10-11H,9H2,1-3H3/t11-/m0/s1. The van der Waals surface area contributed by atoms with E-state index in [1.165, 1.54) is 0 Å². The molecule has 0 spiro atoms. The van der Waals surface area contributed by atoms with Crippen LogP contribution in [0.15, 0.2) is 30.3 Å². The minimum absolute atomic E-state index is 0.00454. The zero-order valence-electron chi connectivity index (χ0n) is 10.1. The molecule has 0 saturated carbocycles. The van der Waals surface area contributed by atoms with Crippen LogP contribution in [0.2, 0.25) is 0 Å². The number of carbonyl (C=O) groups is 2. The molecule has 1 atom stereocenters. The maximum Gasteiger partial charge on any atom is 0.147 e. The van der Waals surface area contributed by atoms with Crippen LogP contribution in [0, 0.1) is 5.92 Å². The molecule has 16 heavy (non-hydrogen) atoms. The summed E-state index contributed by atoms with van der Waals surface area (Å²) in [6, 6.07) is 9.57. The Hall–Kier alpha value is -1.44. The lowest BCUT2D eigenvalue weighted by molar-refractivity contribution is -0.129. The lowest BCUT2D eigenvalue weighted by atomic mass is 9.92. The molecule has 0 bridgehead atoms. The van der Waals surface area contributed by atoms with Gasteiger partial charge < -0.3 is 0 Å². The molecule has 0 amide bonds. The van der Waals surface area contributed by atoms with Gasteiger partial charge in [-0.15, -0.1) is 0 Å². The SMILES string of the molecule is CC(C)C(=O)CC(=O)[C@@H](C)c1ccccc1. The normalized spacial score (nSPS) is 12.5. The van der Waals surface area contributed by atoms with Gasteiger partial charge in [0.15, 0.2) is 0 Å². The molecule has 1 aromatic rings. The summed E-state index contributed by atoms with van der Waals surface area (Å²) in [6.45, 7) is 5.50.